The van der Waals surface area contributed by atoms with Crippen LogP contribution in [0.15, 0.2) is 17.0 Å². The van der Waals surface area contributed by atoms with Gasteiger partial charge in [0.2, 0.25) is 5.95 Å². The predicted octanol–water partition coefficient (Wildman–Crippen LogP) is 0.417. The summed E-state index contributed by atoms with van der Waals surface area (Å²) in [4.78, 5) is 7.87. The molecule has 0 spiro atoms. The molecular weight excluding hydrogens is 170 g/mol. The quantitative estimate of drug-likeness (QED) is 0.678. The molecule has 0 saturated carbocycles. The fourth-order valence-corrected chi connectivity index (χ4v) is 0.974. The Hall–Kier alpha value is -1.98. The van der Waals surface area contributed by atoms with Crippen LogP contribution in [-0.2, 0) is 0 Å². The Morgan fingerprint density at radius 3 is 2.92 bits per heavy atom. The molecule has 66 valence electrons. The highest BCUT2D eigenvalue weighted by Crippen LogP contribution is 2.18. The van der Waals surface area contributed by atoms with Gasteiger partial charge < -0.3 is 10.2 Å². The van der Waals surface area contributed by atoms with Crippen molar-refractivity contribution in [3.8, 4) is 11.5 Å². The van der Waals surface area contributed by atoms with Crippen LogP contribution in [0.2, 0.25) is 0 Å². The minimum atomic E-state index is 0.119. The van der Waals surface area contributed by atoms with E-state index in [1.807, 2.05) is 6.92 Å². The zero-order valence-electron chi connectivity index (χ0n) is 6.93. The van der Waals surface area contributed by atoms with Gasteiger partial charge in [-0.15, -0.1) is 5.10 Å². The van der Waals surface area contributed by atoms with Crippen LogP contribution in [0.5, 0.6) is 0 Å². The molecule has 0 bridgehead atoms. The number of hydrogen-bond donors (Lipinski definition) is 1. The number of aromatic nitrogens is 4. The van der Waals surface area contributed by atoms with Crippen molar-refractivity contribution in [2.75, 3.05) is 5.73 Å². The second-order valence-corrected chi connectivity index (χ2v) is 2.47. The van der Waals surface area contributed by atoms with Gasteiger partial charge in [0.1, 0.15) is 5.69 Å². The lowest BCUT2D eigenvalue weighted by Gasteiger charge is -1.95. The SMILES string of the molecule is Cc1ncoc1-c1cnnc(N)n1. The molecule has 2 aromatic heterocycles. The highest BCUT2D eigenvalue weighted by Gasteiger charge is 2.08. The molecule has 2 heterocycles. The summed E-state index contributed by atoms with van der Waals surface area (Å²) < 4.78 is 5.11. The molecule has 0 aliphatic carbocycles. The molecule has 2 N–H and O–H groups in total. The fourth-order valence-electron chi connectivity index (χ4n) is 0.974. The summed E-state index contributed by atoms with van der Waals surface area (Å²) in [5, 5.41) is 7.19. The topological polar surface area (TPSA) is 90.7 Å². The monoisotopic (exact) mass is 177 g/mol. The largest absolute Gasteiger partial charge is 0.442 e. The Morgan fingerprint density at radius 2 is 2.31 bits per heavy atom. The average Bonchev–Trinajstić information content (AvgIpc) is 2.51. The van der Waals surface area contributed by atoms with Gasteiger partial charge in [-0.2, -0.15) is 5.10 Å². The molecule has 6 nitrogen and oxygen atoms in total. The molecule has 0 aliphatic rings. The molecule has 0 saturated heterocycles. The van der Waals surface area contributed by atoms with Gasteiger partial charge in [0.05, 0.1) is 11.9 Å². The summed E-state index contributed by atoms with van der Waals surface area (Å²) in [6.45, 7) is 1.82. The fraction of sp³-hybridized carbons (Fsp3) is 0.143. The molecule has 0 amide bonds. The number of anilines is 1. The Labute approximate surface area is 73.8 Å². The van der Waals surface area contributed by atoms with E-state index in [1.54, 1.807) is 0 Å². The lowest BCUT2D eigenvalue weighted by atomic mass is 10.3. The van der Waals surface area contributed by atoms with Gasteiger partial charge in [-0.25, -0.2) is 9.97 Å². The maximum atomic E-state index is 5.37. The van der Waals surface area contributed by atoms with Gasteiger partial charge in [-0.1, -0.05) is 0 Å². The van der Waals surface area contributed by atoms with Crippen LogP contribution >= 0.6 is 0 Å². The molecule has 0 radical (unpaired) electrons. The maximum absolute atomic E-state index is 5.37. The lowest BCUT2D eigenvalue weighted by Crippen LogP contribution is -1.98. The van der Waals surface area contributed by atoms with E-state index < -0.39 is 0 Å². The minimum absolute atomic E-state index is 0.119. The van der Waals surface area contributed by atoms with Gasteiger partial charge in [-0.3, -0.25) is 0 Å². The number of nitrogen functional groups attached to an aromatic ring is 1. The van der Waals surface area contributed by atoms with E-state index in [1.165, 1.54) is 12.6 Å². The lowest BCUT2D eigenvalue weighted by molar-refractivity contribution is 0.568. The van der Waals surface area contributed by atoms with Gasteiger partial charge >= 0.3 is 0 Å². The molecule has 0 fully saturated rings. The Morgan fingerprint density at radius 1 is 1.46 bits per heavy atom. The third kappa shape index (κ3) is 1.33. The van der Waals surface area contributed by atoms with Gasteiger partial charge in [0.25, 0.3) is 0 Å². The van der Waals surface area contributed by atoms with Crippen LogP contribution in [0.4, 0.5) is 5.95 Å². The Bertz CT molecular complexity index is 424. The number of hydrogen-bond acceptors (Lipinski definition) is 6. The maximum Gasteiger partial charge on any atom is 0.240 e. The number of rotatable bonds is 1. The molecule has 0 aromatic carbocycles. The molecule has 2 aromatic rings. The molecule has 0 atom stereocenters. The first-order valence-electron chi connectivity index (χ1n) is 3.63. The van der Waals surface area contributed by atoms with Crippen molar-refractivity contribution >= 4 is 5.95 Å². The standard InChI is InChI=1S/C7H7N5O/c1-4-6(13-3-9-4)5-2-10-12-7(8)11-5/h2-3H,1H3,(H2,8,11,12). The van der Waals surface area contributed by atoms with Crippen LogP contribution in [0.1, 0.15) is 5.69 Å². The van der Waals surface area contributed by atoms with Crippen LogP contribution in [-0.4, -0.2) is 20.2 Å². The third-order valence-corrected chi connectivity index (χ3v) is 1.55. The van der Waals surface area contributed by atoms with Crippen molar-refractivity contribution in [1.82, 2.24) is 20.2 Å². The first kappa shape index (κ1) is 7.66. The summed E-state index contributed by atoms with van der Waals surface area (Å²) in [6, 6.07) is 0. The molecule has 6 heteroatoms. The van der Waals surface area contributed by atoms with E-state index in [4.69, 9.17) is 10.2 Å². The van der Waals surface area contributed by atoms with E-state index in [9.17, 15) is 0 Å². The average molecular weight is 177 g/mol. The van der Waals surface area contributed by atoms with E-state index in [0.717, 1.165) is 5.69 Å². The van der Waals surface area contributed by atoms with Crippen LogP contribution in [0.25, 0.3) is 11.5 Å². The van der Waals surface area contributed by atoms with Crippen molar-refractivity contribution in [3.63, 3.8) is 0 Å². The second kappa shape index (κ2) is 2.81. The summed E-state index contributed by atoms with van der Waals surface area (Å²) in [6.07, 6.45) is 2.83. The van der Waals surface area contributed by atoms with E-state index in [2.05, 4.69) is 20.2 Å². The van der Waals surface area contributed by atoms with Gasteiger partial charge in [0.15, 0.2) is 12.2 Å². The zero-order chi connectivity index (χ0) is 9.26. The van der Waals surface area contributed by atoms with Crippen molar-refractivity contribution in [2.45, 2.75) is 6.92 Å². The minimum Gasteiger partial charge on any atom is -0.442 e. The third-order valence-electron chi connectivity index (χ3n) is 1.55. The Balaban J connectivity index is 2.53. The smallest absolute Gasteiger partial charge is 0.240 e. The molecule has 0 unspecified atom stereocenters. The van der Waals surface area contributed by atoms with Crippen molar-refractivity contribution in [2.24, 2.45) is 0 Å². The number of nitrogens with zero attached hydrogens (tertiary/aromatic N) is 4. The summed E-state index contributed by atoms with van der Waals surface area (Å²) >= 11 is 0. The van der Waals surface area contributed by atoms with E-state index in [-0.39, 0.29) is 5.95 Å². The second-order valence-electron chi connectivity index (χ2n) is 2.47. The molecule has 0 aliphatic heterocycles. The number of nitrogens with two attached hydrogens (primary N) is 1. The number of aryl methyl sites for hydroxylation is 1. The van der Waals surface area contributed by atoms with E-state index in [0.29, 0.717) is 11.5 Å². The highest BCUT2D eigenvalue weighted by atomic mass is 16.3. The normalized spacial score (nSPS) is 10.2. The van der Waals surface area contributed by atoms with Crippen LogP contribution in [0.3, 0.4) is 0 Å². The van der Waals surface area contributed by atoms with Crippen LogP contribution < -0.4 is 5.73 Å². The predicted molar refractivity (Wildman–Crippen MR) is 44.5 cm³/mol. The molecule has 2 rings (SSSR count). The van der Waals surface area contributed by atoms with Crippen LogP contribution in [0, 0.1) is 6.92 Å². The molecule has 13 heavy (non-hydrogen) atoms. The van der Waals surface area contributed by atoms with Crippen molar-refractivity contribution in [1.29, 1.82) is 0 Å². The highest BCUT2D eigenvalue weighted by molar-refractivity contribution is 5.53. The zero-order valence-corrected chi connectivity index (χ0v) is 6.93. The summed E-state index contributed by atoms with van der Waals surface area (Å²) in [7, 11) is 0. The first-order chi connectivity index (χ1) is 6.27. The Kier molecular flexibility index (Phi) is 1.66. The molecular formula is C7H7N5O. The van der Waals surface area contributed by atoms with Gasteiger partial charge in [-0.05, 0) is 6.92 Å². The summed E-state index contributed by atoms with van der Waals surface area (Å²) in [5.41, 5.74) is 6.66. The number of oxazole rings is 1. The summed E-state index contributed by atoms with van der Waals surface area (Å²) in [5.74, 6) is 0.690. The van der Waals surface area contributed by atoms with Crippen molar-refractivity contribution in [3.05, 3.63) is 18.3 Å². The first-order valence-corrected chi connectivity index (χ1v) is 3.63. The van der Waals surface area contributed by atoms with Crippen molar-refractivity contribution < 1.29 is 4.42 Å². The van der Waals surface area contributed by atoms with E-state index >= 15 is 0 Å². The van der Waals surface area contributed by atoms with Gasteiger partial charge in [0, 0.05) is 0 Å².